The van der Waals surface area contributed by atoms with Gasteiger partial charge in [0.2, 0.25) is 0 Å². The van der Waals surface area contributed by atoms with E-state index >= 15 is 0 Å². The Bertz CT molecular complexity index is 351. The van der Waals surface area contributed by atoms with Gasteiger partial charge in [-0.2, -0.15) is 0 Å². The van der Waals surface area contributed by atoms with Crippen LogP contribution >= 0.6 is 11.3 Å². The summed E-state index contributed by atoms with van der Waals surface area (Å²) >= 11 is 1.74. The van der Waals surface area contributed by atoms with Crippen molar-refractivity contribution in [1.82, 2.24) is 4.98 Å². The van der Waals surface area contributed by atoms with E-state index in [1.165, 1.54) is 12.8 Å². The Morgan fingerprint density at radius 2 is 2.07 bits per heavy atom. The number of hydrogen-bond donors (Lipinski definition) is 1. The van der Waals surface area contributed by atoms with Gasteiger partial charge in [0.25, 0.3) is 0 Å². The molecule has 2 atom stereocenters. The lowest BCUT2D eigenvalue weighted by Crippen LogP contribution is -2.44. The first kappa shape index (κ1) is 9.60. The van der Waals surface area contributed by atoms with Gasteiger partial charge in [-0.25, -0.2) is 4.98 Å². The summed E-state index contributed by atoms with van der Waals surface area (Å²) in [6, 6.07) is 1.06. The van der Waals surface area contributed by atoms with Gasteiger partial charge in [0, 0.05) is 17.5 Å². The Kier molecular flexibility index (Phi) is 2.21. The number of aryl methyl sites for hydroxylation is 1. The largest absolute Gasteiger partial charge is 0.393 e. The Morgan fingerprint density at radius 3 is 2.60 bits per heavy atom. The quantitative estimate of drug-likeness (QED) is 0.792. The van der Waals surface area contributed by atoms with Crippen LogP contribution in [0, 0.1) is 6.92 Å². The van der Waals surface area contributed by atoms with Crippen LogP contribution in [0.4, 0.5) is 5.13 Å². The summed E-state index contributed by atoms with van der Waals surface area (Å²) in [5.74, 6) is 0. The summed E-state index contributed by atoms with van der Waals surface area (Å²) in [5, 5.41) is 13.0. The molecule has 3 nitrogen and oxygen atoms in total. The number of anilines is 1. The molecular formula is C11H16N2OS. The van der Waals surface area contributed by atoms with Crippen molar-refractivity contribution in [3.8, 4) is 0 Å². The monoisotopic (exact) mass is 224 g/mol. The number of aromatic nitrogens is 1. The van der Waals surface area contributed by atoms with Gasteiger partial charge in [0.05, 0.1) is 11.8 Å². The Morgan fingerprint density at radius 1 is 1.40 bits per heavy atom. The van der Waals surface area contributed by atoms with E-state index in [4.69, 9.17) is 0 Å². The summed E-state index contributed by atoms with van der Waals surface area (Å²) in [5.41, 5.74) is 1.11. The highest BCUT2D eigenvalue weighted by molar-refractivity contribution is 7.13. The highest BCUT2D eigenvalue weighted by Gasteiger charge is 2.41. The van der Waals surface area contributed by atoms with Crippen molar-refractivity contribution in [2.45, 2.75) is 50.8 Å². The molecule has 0 saturated carbocycles. The maximum atomic E-state index is 9.72. The van der Waals surface area contributed by atoms with Crippen molar-refractivity contribution in [2.75, 3.05) is 4.90 Å². The maximum absolute atomic E-state index is 9.72. The molecule has 0 radical (unpaired) electrons. The van der Waals surface area contributed by atoms with Gasteiger partial charge >= 0.3 is 0 Å². The molecule has 1 N–H and O–H groups in total. The van der Waals surface area contributed by atoms with Crippen LogP contribution in [0.3, 0.4) is 0 Å². The van der Waals surface area contributed by atoms with E-state index in [2.05, 4.69) is 15.3 Å². The van der Waals surface area contributed by atoms with E-state index in [-0.39, 0.29) is 6.10 Å². The summed E-state index contributed by atoms with van der Waals surface area (Å²) in [6.07, 6.45) is 4.21. The minimum atomic E-state index is -0.0835. The molecule has 0 aliphatic carbocycles. The predicted molar refractivity (Wildman–Crippen MR) is 61.4 cm³/mol. The fourth-order valence-corrected chi connectivity index (χ4v) is 3.87. The molecule has 0 spiro atoms. The summed E-state index contributed by atoms with van der Waals surface area (Å²) in [7, 11) is 0. The molecule has 82 valence electrons. The van der Waals surface area contributed by atoms with Crippen LogP contribution < -0.4 is 4.90 Å². The van der Waals surface area contributed by atoms with Gasteiger partial charge in [0.1, 0.15) is 0 Å². The zero-order valence-electron chi connectivity index (χ0n) is 8.89. The molecule has 2 bridgehead atoms. The van der Waals surface area contributed by atoms with E-state index in [1.54, 1.807) is 11.3 Å². The van der Waals surface area contributed by atoms with Crippen LogP contribution in [-0.2, 0) is 0 Å². The van der Waals surface area contributed by atoms with Crippen LogP contribution in [0.25, 0.3) is 0 Å². The van der Waals surface area contributed by atoms with Crippen molar-refractivity contribution in [1.29, 1.82) is 0 Å². The van der Waals surface area contributed by atoms with Gasteiger partial charge in [-0.15, -0.1) is 11.3 Å². The molecule has 1 aromatic rings. The van der Waals surface area contributed by atoms with Gasteiger partial charge in [0.15, 0.2) is 5.13 Å². The Labute approximate surface area is 93.8 Å². The lowest BCUT2D eigenvalue weighted by atomic mass is 10.0. The number of hydrogen-bond acceptors (Lipinski definition) is 4. The standard InChI is InChI=1S/C11H16N2OS/c1-7-6-15-11(12-7)13-8-2-3-9(13)5-10(14)4-8/h6,8-10,14H,2-5H2,1H3. The number of aliphatic hydroxyl groups excluding tert-OH is 1. The lowest BCUT2D eigenvalue weighted by Gasteiger charge is -2.36. The third-order valence-electron chi connectivity index (χ3n) is 3.54. The normalized spacial score (nSPS) is 34.8. The fraction of sp³-hybridized carbons (Fsp3) is 0.727. The zero-order valence-corrected chi connectivity index (χ0v) is 9.70. The number of nitrogens with zero attached hydrogens (tertiary/aromatic N) is 2. The first-order valence-corrected chi connectivity index (χ1v) is 6.50. The second-order valence-corrected chi connectivity index (χ2v) is 5.53. The number of rotatable bonds is 1. The Hall–Kier alpha value is -0.610. The Balaban J connectivity index is 1.88. The highest BCUT2D eigenvalue weighted by atomic mass is 32.1. The minimum absolute atomic E-state index is 0.0835. The summed E-state index contributed by atoms with van der Waals surface area (Å²) in [6.45, 7) is 2.04. The third-order valence-corrected chi connectivity index (χ3v) is 4.51. The van der Waals surface area contributed by atoms with Gasteiger partial charge in [-0.05, 0) is 32.6 Å². The van der Waals surface area contributed by atoms with Crippen LogP contribution in [0.1, 0.15) is 31.4 Å². The predicted octanol–water partition coefficient (Wildman–Crippen LogP) is 1.94. The number of fused-ring (bicyclic) bond motifs is 2. The van der Waals surface area contributed by atoms with Crippen LogP contribution in [0.15, 0.2) is 5.38 Å². The number of piperidine rings is 1. The average Bonchev–Trinajstić information content (AvgIpc) is 2.69. The van der Waals surface area contributed by atoms with Gasteiger partial charge < -0.3 is 10.0 Å². The van der Waals surface area contributed by atoms with Crippen LogP contribution in [0.5, 0.6) is 0 Å². The molecule has 0 aromatic carbocycles. The molecule has 2 saturated heterocycles. The number of thiazole rings is 1. The molecule has 2 fully saturated rings. The second kappa shape index (κ2) is 3.46. The molecular weight excluding hydrogens is 208 g/mol. The molecule has 4 heteroatoms. The second-order valence-electron chi connectivity index (χ2n) is 4.69. The van der Waals surface area contributed by atoms with E-state index in [0.717, 1.165) is 23.7 Å². The van der Waals surface area contributed by atoms with Crippen LogP contribution in [-0.4, -0.2) is 28.3 Å². The molecule has 2 unspecified atom stereocenters. The van der Waals surface area contributed by atoms with E-state index in [1.807, 2.05) is 6.92 Å². The highest BCUT2D eigenvalue weighted by Crippen LogP contribution is 2.40. The topological polar surface area (TPSA) is 36.4 Å². The first-order valence-electron chi connectivity index (χ1n) is 5.62. The van der Waals surface area contributed by atoms with Crippen molar-refractivity contribution in [3.05, 3.63) is 11.1 Å². The molecule has 2 aliphatic heterocycles. The molecule has 15 heavy (non-hydrogen) atoms. The van der Waals surface area contributed by atoms with Crippen molar-refractivity contribution < 1.29 is 5.11 Å². The lowest BCUT2D eigenvalue weighted by molar-refractivity contribution is 0.126. The molecule has 1 aromatic heterocycles. The minimum Gasteiger partial charge on any atom is -0.393 e. The van der Waals surface area contributed by atoms with Gasteiger partial charge in [-0.1, -0.05) is 0 Å². The maximum Gasteiger partial charge on any atom is 0.186 e. The SMILES string of the molecule is Cc1csc(N2C3CCC2CC(O)C3)n1. The van der Waals surface area contributed by atoms with E-state index in [9.17, 15) is 5.11 Å². The first-order chi connectivity index (χ1) is 7.24. The summed E-state index contributed by atoms with van der Waals surface area (Å²) < 4.78 is 0. The fourth-order valence-electron chi connectivity index (χ4n) is 2.92. The van der Waals surface area contributed by atoms with Crippen molar-refractivity contribution >= 4 is 16.5 Å². The molecule has 2 aliphatic rings. The third kappa shape index (κ3) is 1.56. The molecule has 3 rings (SSSR count). The van der Waals surface area contributed by atoms with Gasteiger partial charge in [-0.3, -0.25) is 0 Å². The molecule has 3 heterocycles. The smallest absolute Gasteiger partial charge is 0.186 e. The number of aliphatic hydroxyl groups is 1. The van der Waals surface area contributed by atoms with E-state index < -0.39 is 0 Å². The van der Waals surface area contributed by atoms with Crippen LogP contribution in [0.2, 0.25) is 0 Å². The van der Waals surface area contributed by atoms with E-state index in [0.29, 0.717) is 12.1 Å². The van der Waals surface area contributed by atoms with Crippen molar-refractivity contribution in [2.24, 2.45) is 0 Å². The molecule has 0 amide bonds. The van der Waals surface area contributed by atoms with Crippen molar-refractivity contribution in [3.63, 3.8) is 0 Å². The zero-order chi connectivity index (χ0) is 10.4. The average molecular weight is 224 g/mol. The summed E-state index contributed by atoms with van der Waals surface area (Å²) in [4.78, 5) is 7.01.